The molecule has 1 heterocycles. The van der Waals surface area contributed by atoms with E-state index in [0.717, 1.165) is 25.2 Å². The maximum Gasteiger partial charge on any atom is 0.170 e. The average molecular weight is 294 g/mol. The number of hydrogen-bond acceptors (Lipinski definition) is 4. The third-order valence-electron chi connectivity index (χ3n) is 3.87. The Bertz CT molecular complexity index is 520. The minimum atomic E-state index is -0.372. The predicted molar refractivity (Wildman–Crippen MR) is 80.8 cm³/mol. The SMILES string of the molecule is CN1CCC(CN(C)Cc2cc(F)cc(/C(N)=N/O)c2)C1. The van der Waals surface area contributed by atoms with Gasteiger partial charge in [-0.1, -0.05) is 5.16 Å². The fraction of sp³-hybridized carbons (Fsp3) is 0.533. The van der Waals surface area contributed by atoms with Crippen molar-refractivity contribution in [2.75, 3.05) is 33.7 Å². The van der Waals surface area contributed by atoms with E-state index >= 15 is 0 Å². The van der Waals surface area contributed by atoms with Crippen molar-refractivity contribution in [2.24, 2.45) is 16.8 Å². The minimum Gasteiger partial charge on any atom is -0.409 e. The number of halogens is 1. The van der Waals surface area contributed by atoms with Crippen molar-refractivity contribution in [3.63, 3.8) is 0 Å². The first-order valence-corrected chi connectivity index (χ1v) is 7.12. The van der Waals surface area contributed by atoms with Gasteiger partial charge in [0.2, 0.25) is 0 Å². The molecule has 1 aromatic carbocycles. The van der Waals surface area contributed by atoms with Crippen LogP contribution in [0.2, 0.25) is 0 Å². The second-order valence-electron chi connectivity index (χ2n) is 5.95. The zero-order valence-corrected chi connectivity index (χ0v) is 12.6. The van der Waals surface area contributed by atoms with Crippen molar-refractivity contribution in [3.05, 3.63) is 35.1 Å². The van der Waals surface area contributed by atoms with Crippen LogP contribution in [-0.2, 0) is 6.54 Å². The Balaban J connectivity index is 2.00. The van der Waals surface area contributed by atoms with Crippen LogP contribution in [-0.4, -0.2) is 54.6 Å². The molecule has 5 nitrogen and oxygen atoms in total. The van der Waals surface area contributed by atoms with E-state index in [2.05, 4.69) is 22.0 Å². The van der Waals surface area contributed by atoms with E-state index in [0.29, 0.717) is 18.0 Å². The molecule has 0 saturated carbocycles. The van der Waals surface area contributed by atoms with Crippen LogP contribution in [0.1, 0.15) is 17.5 Å². The maximum atomic E-state index is 13.6. The van der Waals surface area contributed by atoms with E-state index in [4.69, 9.17) is 10.9 Å². The van der Waals surface area contributed by atoms with Crippen molar-refractivity contribution < 1.29 is 9.60 Å². The molecule has 0 aromatic heterocycles. The molecule has 0 amide bonds. The lowest BCUT2D eigenvalue weighted by molar-refractivity contribution is 0.267. The molecule has 2 rings (SSSR count). The van der Waals surface area contributed by atoms with Gasteiger partial charge in [0.25, 0.3) is 0 Å². The van der Waals surface area contributed by atoms with Crippen LogP contribution in [0.3, 0.4) is 0 Å². The number of oxime groups is 1. The molecular formula is C15H23FN4O. The molecule has 1 fully saturated rings. The van der Waals surface area contributed by atoms with E-state index in [1.807, 2.05) is 7.05 Å². The standard InChI is InChI=1S/C15H23FN4O/c1-19-4-3-11(8-19)9-20(2)10-12-5-13(15(17)18-21)7-14(16)6-12/h5-7,11,21H,3-4,8-10H2,1-2H3,(H2,17,18). The van der Waals surface area contributed by atoms with Crippen molar-refractivity contribution >= 4 is 5.84 Å². The highest BCUT2D eigenvalue weighted by Crippen LogP contribution is 2.17. The Labute approximate surface area is 124 Å². The lowest BCUT2D eigenvalue weighted by atomic mass is 10.1. The first kappa shape index (κ1) is 15.7. The van der Waals surface area contributed by atoms with Gasteiger partial charge in [-0.05, 0) is 56.7 Å². The molecule has 0 aliphatic carbocycles. The molecule has 1 aliphatic heterocycles. The van der Waals surface area contributed by atoms with Crippen LogP contribution >= 0.6 is 0 Å². The third-order valence-corrected chi connectivity index (χ3v) is 3.87. The van der Waals surface area contributed by atoms with Crippen molar-refractivity contribution in [1.82, 2.24) is 9.80 Å². The van der Waals surface area contributed by atoms with E-state index in [1.54, 1.807) is 6.07 Å². The van der Waals surface area contributed by atoms with E-state index < -0.39 is 0 Å². The van der Waals surface area contributed by atoms with Gasteiger partial charge in [0, 0.05) is 25.2 Å². The van der Waals surface area contributed by atoms with Crippen LogP contribution in [0.5, 0.6) is 0 Å². The topological polar surface area (TPSA) is 65.1 Å². The molecule has 0 spiro atoms. The first-order chi connectivity index (χ1) is 9.97. The maximum absolute atomic E-state index is 13.6. The van der Waals surface area contributed by atoms with Gasteiger partial charge in [-0.2, -0.15) is 0 Å². The zero-order valence-electron chi connectivity index (χ0n) is 12.6. The smallest absolute Gasteiger partial charge is 0.170 e. The highest BCUT2D eigenvalue weighted by molar-refractivity contribution is 5.97. The Kier molecular flexibility index (Phi) is 5.14. The number of rotatable bonds is 5. The number of hydrogen-bond donors (Lipinski definition) is 2. The van der Waals surface area contributed by atoms with Crippen molar-refractivity contribution in [3.8, 4) is 0 Å². The summed E-state index contributed by atoms with van der Waals surface area (Å²) in [5, 5.41) is 11.6. The Morgan fingerprint density at radius 1 is 1.52 bits per heavy atom. The van der Waals surface area contributed by atoms with Crippen LogP contribution < -0.4 is 5.73 Å². The molecule has 1 aromatic rings. The van der Waals surface area contributed by atoms with Crippen LogP contribution in [0, 0.1) is 11.7 Å². The lowest BCUT2D eigenvalue weighted by Crippen LogP contribution is -2.27. The summed E-state index contributed by atoms with van der Waals surface area (Å²) in [5.74, 6) is 0.219. The molecular weight excluding hydrogens is 271 g/mol. The summed E-state index contributed by atoms with van der Waals surface area (Å²) in [5.41, 5.74) is 6.75. The Morgan fingerprint density at radius 3 is 2.90 bits per heavy atom. The van der Waals surface area contributed by atoms with Crippen molar-refractivity contribution in [2.45, 2.75) is 13.0 Å². The summed E-state index contributed by atoms with van der Waals surface area (Å²) in [6.45, 7) is 3.89. The van der Waals surface area contributed by atoms with Crippen LogP contribution in [0.15, 0.2) is 23.4 Å². The summed E-state index contributed by atoms with van der Waals surface area (Å²) >= 11 is 0. The number of nitrogens with two attached hydrogens (primary N) is 1. The van der Waals surface area contributed by atoms with Gasteiger partial charge < -0.3 is 20.7 Å². The van der Waals surface area contributed by atoms with Gasteiger partial charge >= 0.3 is 0 Å². The zero-order chi connectivity index (χ0) is 15.4. The van der Waals surface area contributed by atoms with E-state index in [-0.39, 0.29) is 11.7 Å². The van der Waals surface area contributed by atoms with E-state index in [9.17, 15) is 4.39 Å². The largest absolute Gasteiger partial charge is 0.409 e. The quantitative estimate of drug-likeness (QED) is 0.372. The third kappa shape index (κ3) is 4.41. The van der Waals surface area contributed by atoms with Crippen molar-refractivity contribution in [1.29, 1.82) is 0 Å². The van der Waals surface area contributed by atoms with Gasteiger partial charge in [-0.25, -0.2) is 4.39 Å². The molecule has 3 N–H and O–H groups in total. The Morgan fingerprint density at radius 2 is 2.29 bits per heavy atom. The normalized spacial score (nSPS) is 20.4. The predicted octanol–water partition coefficient (Wildman–Crippen LogP) is 1.30. The molecule has 0 radical (unpaired) electrons. The molecule has 116 valence electrons. The minimum absolute atomic E-state index is 0.0733. The Hall–Kier alpha value is -1.66. The summed E-state index contributed by atoms with van der Waals surface area (Å²) in [6, 6.07) is 4.52. The van der Waals surface area contributed by atoms with Crippen LogP contribution in [0.25, 0.3) is 0 Å². The molecule has 1 aliphatic rings. The second kappa shape index (κ2) is 6.87. The summed E-state index contributed by atoms with van der Waals surface area (Å²) in [6.07, 6.45) is 1.21. The lowest BCUT2D eigenvalue weighted by Gasteiger charge is -2.21. The van der Waals surface area contributed by atoms with Gasteiger partial charge in [0.15, 0.2) is 5.84 Å². The highest BCUT2D eigenvalue weighted by Gasteiger charge is 2.20. The van der Waals surface area contributed by atoms with Gasteiger partial charge in [0.1, 0.15) is 5.82 Å². The molecule has 21 heavy (non-hydrogen) atoms. The molecule has 1 saturated heterocycles. The van der Waals surface area contributed by atoms with E-state index in [1.165, 1.54) is 18.6 Å². The molecule has 1 unspecified atom stereocenters. The molecule has 6 heteroatoms. The van der Waals surface area contributed by atoms with Gasteiger partial charge in [-0.3, -0.25) is 0 Å². The number of amidine groups is 1. The van der Waals surface area contributed by atoms with Crippen LogP contribution in [0.4, 0.5) is 4.39 Å². The molecule has 0 bridgehead atoms. The second-order valence-corrected chi connectivity index (χ2v) is 5.95. The fourth-order valence-electron chi connectivity index (χ4n) is 2.94. The fourth-order valence-corrected chi connectivity index (χ4v) is 2.94. The van der Waals surface area contributed by atoms with Gasteiger partial charge in [0.05, 0.1) is 0 Å². The molecule has 1 atom stereocenters. The first-order valence-electron chi connectivity index (χ1n) is 7.12. The number of likely N-dealkylation sites (tertiary alicyclic amines) is 1. The number of benzene rings is 1. The summed E-state index contributed by atoms with van der Waals surface area (Å²) < 4.78 is 13.6. The monoisotopic (exact) mass is 294 g/mol. The number of nitrogens with zero attached hydrogens (tertiary/aromatic N) is 3. The highest BCUT2D eigenvalue weighted by atomic mass is 19.1. The summed E-state index contributed by atoms with van der Waals surface area (Å²) in [7, 11) is 4.17. The van der Waals surface area contributed by atoms with Gasteiger partial charge in [-0.15, -0.1) is 0 Å². The average Bonchev–Trinajstić information content (AvgIpc) is 2.82. The summed E-state index contributed by atoms with van der Waals surface area (Å²) in [4.78, 5) is 4.52.